The molecule has 1 unspecified atom stereocenters. The number of nitrogens with two attached hydrogens (primary N) is 1. The van der Waals surface area contributed by atoms with E-state index in [1.54, 1.807) is 0 Å². The second-order valence-electron chi connectivity index (χ2n) is 5.19. The van der Waals surface area contributed by atoms with E-state index in [0.717, 1.165) is 12.7 Å². The molecule has 18 heavy (non-hydrogen) atoms. The zero-order valence-corrected chi connectivity index (χ0v) is 11.7. The highest BCUT2D eigenvalue weighted by Crippen LogP contribution is 2.26. The molecular formula is C11H22N2O4S. The van der Waals surface area contributed by atoms with Gasteiger partial charge in [-0.3, -0.25) is 4.79 Å². The lowest BCUT2D eigenvalue weighted by Crippen LogP contribution is -2.65. The molecule has 0 saturated carbocycles. The summed E-state index contributed by atoms with van der Waals surface area (Å²) < 4.78 is 22.0. The summed E-state index contributed by atoms with van der Waals surface area (Å²) in [5.74, 6) is -0.369. The topological polar surface area (TPSA) is 101 Å². The van der Waals surface area contributed by atoms with Gasteiger partial charge in [0, 0.05) is 6.26 Å². The third-order valence-corrected chi connectivity index (χ3v) is 4.09. The molecule has 106 valence electrons. The van der Waals surface area contributed by atoms with Crippen molar-refractivity contribution in [2.45, 2.75) is 37.8 Å². The van der Waals surface area contributed by atoms with Crippen molar-refractivity contribution in [2.75, 3.05) is 25.1 Å². The molecule has 0 aliphatic carbocycles. The van der Waals surface area contributed by atoms with Crippen LogP contribution in [0.4, 0.5) is 0 Å². The van der Waals surface area contributed by atoms with Crippen molar-refractivity contribution >= 4 is 15.7 Å². The smallest absolute Gasteiger partial charge is 0.239 e. The molecule has 1 rings (SSSR count). The van der Waals surface area contributed by atoms with Crippen LogP contribution in [0.25, 0.3) is 0 Å². The zero-order chi connectivity index (χ0) is 14.0. The van der Waals surface area contributed by atoms with Crippen LogP contribution >= 0.6 is 0 Å². The summed E-state index contributed by atoms with van der Waals surface area (Å²) >= 11 is 0. The molecule has 0 aromatic carbocycles. The van der Waals surface area contributed by atoms with E-state index in [9.17, 15) is 18.3 Å². The number of hydrogen-bond donors (Lipinski definition) is 2. The molecule has 0 spiro atoms. The second kappa shape index (κ2) is 5.54. The fourth-order valence-corrected chi connectivity index (χ4v) is 2.82. The van der Waals surface area contributed by atoms with Gasteiger partial charge in [0.25, 0.3) is 0 Å². The third kappa shape index (κ3) is 4.22. The first kappa shape index (κ1) is 15.4. The largest absolute Gasteiger partial charge is 0.386 e. The number of amides is 1. The minimum Gasteiger partial charge on any atom is -0.386 e. The minimum absolute atomic E-state index is 0.0903. The van der Waals surface area contributed by atoms with Crippen molar-refractivity contribution in [3.05, 3.63) is 0 Å². The number of hydrogen-bond acceptors (Lipinski definition) is 5. The Morgan fingerprint density at radius 2 is 2.06 bits per heavy atom. The van der Waals surface area contributed by atoms with Crippen LogP contribution in [0.3, 0.4) is 0 Å². The van der Waals surface area contributed by atoms with Gasteiger partial charge >= 0.3 is 0 Å². The van der Waals surface area contributed by atoms with E-state index < -0.39 is 21.5 Å². The van der Waals surface area contributed by atoms with Crippen LogP contribution in [0.5, 0.6) is 0 Å². The lowest BCUT2D eigenvalue weighted by molar-refractivity contribution is -0.157. The zero-order valence-electron chi connectivity index (χ0n) is 10.9. The molecule has 0 aromatic rings. The fourth-order valence-electron chi connectivity index (χ4n) is 2.14. The maximum absolute atomic E-state index is 11.8. The van der Waals surface area contributed by atoms with Crippen molar-refractivity contribution in [2.24, 2.45) is 5.73 Å². The van der Waals surface area contributed by atoms with Gasteiger partial charge in [0.15, 0.2) is 0 Å². The minimum atomic E-state index is -3.10. The Kier molecular flexibility index (Phi) is 4.74. The first-order valence-electron chi connectivity index (χ1n) is 6.11. The highest BCUT2D eigenvalue weighted by molar-refractivity contribution is 7.90. The van der Waals surface area contributed by atoms with E-state index in [4.69, 9.17) is 5.73 Å². The Bertz CT molecular complexity index is 401. The van der Waals surface area contributed by atoms with Gasteiger partial charge < -0.3 is 15.7 Å². The van der Waals surface area contributed by atoms with E-state index >= 15 is 0 Å². The summed E-state index contributed by atoms with van der Waals surface area (Å²) in [6, 6.07) is -0.800. The van der Waals surface area contributed by atoms with Gasteiger partial charge in [0.1, 0.15) is 9.84 Å². The van der Waals surface area contributed by atoms with Gasteiger partial charge in [-0.05, 0) is 12.8 Å². The molecule has 1 atom stereocenters. The average Bonchev–Trinajstić information content (AvgIpc) is 2.20. The van der Waals surface area contributed by atoms with Crippen molar-refractivity contribution < 1.29 is 18.3 Å². The van der Waals surface area contributed by atoms with E-state index in [1.807, 2.05) is 6.92 Å². The maximum Gasteiger partial charge on any atom is 0.239 e. The van der Waals surface area contributed by atoms with Gasteiger partial charge in [0.05, 0.1) is 30.5 Å². The molecule has 3 N–H and O–H groups in total. The van der Waals surface area contributed by atoms with E-state index in [0.29, 0.717) is 19.5 Å². The van der Waals surface area contributed by atoms with Crippen molar-refractivity contribution in [1.82, 2.24) is 4.90 Å². The van der Waals surface area contributed by atoms with Crippen LogP contribution in [0.1, 0.15) is 26.2 Å². The van der Waals surface area contributed by atoms with Gasteiger partial charge in [-0.1, -0.05) is 13.3 Å². The number of nitrogens with zero attached hydrogens (tertiary/aromatic N) is 1. The third-order valence-electron chi connectivity index (χ3n) is 3.11. The number of rotatable bonds is 6. The first-order valence-corrected chi connectivity index (χ1v) is 8.17. The molecule has 1 saturated heterocycles. The molecular weight excluding hydrogens is 256 g/mol. The van der Waals surface area contributed by atoms with Crippen LogP contribution in [0.15, 0.2) is 0 Å². The lowest BCUT2D eigenvalue weighted by atomic mass is 9.88. The summed E-state index contributed by atoms with van der Waals surface area (Å²) in [5, 5.41) is 9.94. The molecule has 0 radical (unpaired) electrons. The molecule has 1 aliphatic rings. The Morgan fingerprint density at radius 1 is 1.50 bits per heavy atom. The summed E-state index contributed by atoms with van der Waals surface area (Å²) in [4.78, 5) is 13.3. The quantitative estimate of drug-likeness (QED) is 0.657. The Balaban J connectivity index is 2.39. The van der Waals surface area contributed by atoms with E-state index in [2.05, 4.69) is 0 Å². The summed E-state index contributed by atoms with van der Waals surface area (Å²) in [6.45, 7) is 2.57. The summed E-state index contributed by atoms with van der Waals surface area (Å²) in [6.07, 6.45) is 2.77. The second-order valence-corrected chi connectivity index (χ2v) is 7.45. The van der Waals surface area contributed by atoms with Gasteiger partial charge in [-0.2, -0.15) is 0 Å². The van der Waals surface area contributed by atoms with Crippen LogP contribution in [-0.2, 0) is 14.6 Å². The molecule has 1 heterocycles. The molecule has 1 aliphatic heterocycles. The highest BCUT2D eigenvalue weighted by atomic mass is 32.2. The van der Waals surface area contributed by atoms with Crippen LogP contribution in [0, 0.1) is 0 Å². The molecule has 0 bridgehead atoms. The number of likely N-dealkylation sites (tertiary alicyclic amines) is 1. The van der Waals surface area contributed by atoms with E-state index in [1.165, 1.54) is 4.90 Å². The van der Waals surface area contributed by atoms with Crippen LogP contribution in [-0.4, -0.2) is 61.1 Å². The predicted octanol–water partition coefficient (Wildman–Crippen LogP) is -0.878. The van der Waals surface area contributed by atoms with Gasteiger partial charge in [-0.25, -0.2) is 8.42 Å². The standard InChI is InChI=1S/C11H22N2O4S/c1-3-5-11(15)7-13(8-11)10(14)9(12)4-6-18(2,16)17/h9,15H,3-8,12H2,1-2H3. The van der Waals surface area contributed by atoms with E-state index in [-0.39, 0.29) is 18.1 Å². The van der Waals surface area contributed by atoms with Gasteiger partial charge in [-0.15, -0.1) is 0 Å². The molecule has 6 nitrogen and oxygen atoms in total. The highest BCUT2D eigenvalue weighted by Gasteiger charge is 2.43. The number of β-amino-alcohol motifs (C(OH)–C–C–N with tert-alkyl or cyclic N) is 1. The number of sulfone groups is 1. The average molecular weight is 278 g/mol. The SMILES string of the molecule is CCCC1(O)CN(C(=O)C(N)CCS(C)(=O)=O)C1. The summed E-state index contributed by atoms with van der Waals surface area (Å²) in [5.41, 5.74) is 4.88. The molecule has 0 aromatic heterocycles. The predicted molar refractivity (Wildman–Crippen MR) is 68.7 cm³/mol. The number of carbonyl (C=O) groups is 1. The Hall–Kier alpha value is -0.660. The van der Waals surface area contributed by atoms with Crippen LogP contribution < -0.4 is 5.73 Å². The summed E-state index contributed by atoms with van der Waals surface area (Å²) in [7, 11) is -3.10. The Morgan fingerprint density at radius 3 is 2.50 bits per heavy atom. The Labute approximate surface area is 108 Å². The van der Waals surface area contributed by atoms with Crippen molar-refractivity contribution in [1.29, 1.82) is 0 Å². The maximum atomic E-state index is 11.8. The van der Waals surface area contributed by atoms with Gasteiger partial charge in [0.2, 0.25) is 5.91 Å². The number of aliphatic hydroxyl groups is 1. The first-order chi connectivity index (χ1) is 8.17. The van der Waals surface area contributed by atoms with Crippen molar-refractivity contribution in [3.63, 3.8) is 0 Å². The normalized spacial score (nSPS) is 20.3. The monoisotopic (exact) mass is 278 g/mol. The molecule has 7 heteroatoms. The molecule has 1 amide bonds. The fraction of sp³-hybridized carbons (Fsp3) is 0.909. The van der Waals surface area contributed by atoms with Crippen molar-refractivity contribution in [3.8, 4) is 0 Å². The van der Waals surface area contributed by atoms with Crippen LogP contribution in [0.2, 0.25) is 0 Å². The number of carbonyl (C=O) groups excluding carboxylic acids is 1. The lowest BCUT2D eigenvalue weighted by Gasteiger charge is -2.47. The molecule has 1 fully saturated rings.